The first-order chi connectivity index (χ1) is 18.3. The summed E-state index contributed by atoms with van der Waals surface area (Å²) >= 11 is 0. The summed E-state index contributed by atoms with van der Waals surface area (Å²) in [6.07, 6.45) is 3.00. The van der Waals surface area contributed by atoms with Crippen LogP contribution in [0.25, 0.3) is 0 Å². The third kappa shape index (κ3) is 8.22. The van der Waals surface area contributed by atoms with E-state index in [4.69, 9.17) is 4.74 Å². The van der Waals surface area contributed by atoms with Gasteiger partial charge in [-0.1, -0.05) is 42.5 Å². The van der Waals surface area contributed by atoms with Gasteiger partial charge < -0.3 is 15.0 Å². The molecular formula is C29H36N4O4S. The summed E-state index contributed by atoms with van der Waals surface area (Å²) in [5.74, 6) is 1.35. The second-order valence-electron chi connectivity index (χ2n) is 9.60. The van der Waals surface area contributed by atoms with Crippen LogP contribution < -0.4 is 14.8 Å². The zero-order valence-electron chi connectivity index (χ0n) is 22.0. The Morgan fingerprint density at radius 1 is 0.921 bits per heavy atom. The summed E-state index contributed by atoms with van der Waals surface area (Å²) in [6.45, 7) is 5.90. The van der Waals surface area contributed by atoms with Gasteiger partial charge in [-0.3, -0.25) is 9.62 Å². The second kappa shape index (κ2) is 12.8. The van der Waals surface area contributed by atoms with E-state index in [1.54, 1.807) is 24.3 Å². The number of carbonyl (C=O) groups excluding carboxylic acids is 1. The van der Waals surface area contributed by atoms with Gasteiger partial charge in [-0.2, -0.15) is 0 Å². The van der Waals surface area contributed by atoms with E-state index in [1.165, 1.54) is 5.56 Å². The minimum atomic E-state index is -3.31. The van der Waals surface area contributed by atoms with Crippen LogP contribution in [0.15, 0.2) is 78.9 Å². The number of nitrogens with one attached hydrogen (secondary N) is 2. The molecule has 1 aliphatic rings. The van der Waals surface area contributed by atoms with E-state index in [9.17, 15) is 13.2 Å². The molecule has 202 valence electrons. The lowest BCUT2D eigenvalue weighted by molar-refractivity contribution is 0.113. The average molecular weight is 537 g/mol. The van der Waals surface area contributed by atoms with Crippen molar-refractivity contribution in [3.05, 3.63) is 90.0 Å². The normalized spacial score (nSPS) is 14.6. The SMILES string of the molecule is CCNC(=O)N(Cc1ccccc1)C1CCN(Cc2ccc(Oc3ccc(NS(C)(=O)=O)cc3)cc2)CC1. The molecule has 2 amide bonds. The van der Waals surface area contributed by atoms with Gasteiger partial charge in [-0.15, -0.1) is 0 Å². The smallest absolute Gasteiger partial charge is 0.317 e. The number of likely N-dealkylation sites (tertiary alicyclic amines) is 1. The Balaban J connectivity index is 1.28. The molecule has 3 aromatic carbocycles. The molecule has 0 atom stereocenters. The quantitative estimate of drug-likeness (QED) is 0.379. The minimum absolute atomic E-state index is 0.00620. The van der Waals surface area contributed by atoms with Gasteiger partial charge in [-0.05, 0) is 67.3 Å². The Morgan fingerprint density at radius 3 is 2.11 bits per heavy atom. The summed E-state index contributed by atoms with van der Waals surface area (Å²) in [7, 11) is -3.31. The van der Waals surface area contributed by atoms with E-state index >= 15 is 0 Å². The molecule has 9 heteroatoms. The Morgan fingerprint density at radius 2 is 1.53 bits per heavy atom. The van der Waals surface area contributed by atoms with Crippen molar-refractivity contribution in [3.63, 3.8) is 0 Å². The van der Waals surface area contributed by atoms with Crippen molar-refractivity contribution in [1.29, 1.82) is 0 Å². The van der Waals surface area contributed by atoms with Gasteiger partial charge in [0.1, 0.15) is 11.5 Å². The maximum absolute atomic E-state index is 12.8. The molecule has 3 aromatic rings. The molecule has 0 unspecified atom stereocenters. The highest BCUT2D eigenvalue weighted by Crippen LogP contribution is 2.25. The van der Waals surface area contributed by atoms with Crippen molar-refractivity contribution in [1.82, 2.24) is 15.1 Å². The van der Waals surface area contributed by atoms with Crippen LogP contribution in [0.2, 0.25) is 0 Å². The predicted molar refractivity (Wildman–Crippen MR) is 151 cm³/mol. The molecule has 1 saturated heterocycles. The van der Waals surface area contributed by atoms with Gasteiger partial charge in [0.05, 0.1) is 6.26 Å². The molecule has 0 saturated carbocycles. The molecule has 0 aliphatic carbocycles. The number of hydrogen-bond acceptors (Lipinski definition) is 5. The number of ether oxygens (including phenoxy) is 1. The zero-order chi connectivity index (χ0) is 27.0. The van der Waals surface area contributed by atoms with Crippen LogP contribution in [0.1, 0.15) is 30.9 Å². The Kier molecular flexibility index (Phi) is 9.25. The van der Waals surface area contributed by atoms with Gasteiger partial charge >= 0.3 is 6.03 Å². The first kappa shape index (κ1) is 27.5. The Labute approximate surface area is 225 Å². The highest BCUT2D eigenvalue weighted by molar-refractivity contribution is 7.92. The van der Waals surface area contributed by atoms with Crippen molar-refractivity contribution in [3.8, 4) is 11.5 Å². The van der Waals surface area contributed by atoms with Crippen LogP contribution in [0, 0.1) is 0 Å². The van der Waals surface area contributed by atoms with Crippen LogP contribution in [-0.4, -0.2) is 56.2 Å². The van der Waals surface area contributed by atoms with Crippen LogP contribution in [-0.2, 0) is 23.1 Å². The van der Waals surface area contributed by atoms with Gasteiger partial charge in [0.2, 0.25) is 10.0 Å². The molecule has 0 spiro atoms. The molecular weight excluding hydrogens is 500 g/mol. The van der Waals surface area contributed by atoms with Crippen molar-refractivity contribution in [2.75, 3.05) is 30.6 Å². The summed E-state index contributed by atoms with van der Waals surface area (Å²) in [6, 6.07) is 25.2. The second-order valence-corrected chi connectivity index (χ2v) is 11.3. The standard InChI is InChI=1S/C29H36N4O4S/c1-3-30-29(34)33(22-23-7-5-4-6-8-23)26-17-19-32(20-18-26)21-24-9-13-27(14-10-24)37-28-15-11-25(12-16-28)31-38(2,35)36/h4-16,26,31H,3,17-22H2,1-2H3,(H,30,34). The number of urea groups is 1. The summed E-state index contributed by atoms with van der Waals surface area (Å²) in [4.78, 5) is 17.2. The molecule has 4 rings (SSSR count). The fraction of sp³-hybridized carbons (Fsp3) is 0.345. The number of nitrogens with zero attached hydrogens (tertiary/aromatic N) is 2. The molecule has 0 aromatic heterocycles. The van der Waals surface area contributed by atoms with Gasteiger partial charge in [0.25, 0.3) is 0 Å². The predicted octanol–water partition coefficient (Wildman–Crippen LogP) is 5.05. The van der Waals surface area contributed by atoms with Gasteiger partial charge in [-0.25, -0.2) is 13.2 Å². The molecule has 1 aliphatic heterocycles. The third-order valence-corrected chi connectivity index (χ3v) is 7.11. The van der Waals surface area contributed by atoms with E-state index in [0.717, 1.165) is 50.0 Å². The monoisotopic (exact) mass is 536 g/mol. The lowest BCUT2D eigenvalue weighted by Crippen LogP contribution is -2.50. The van der Waals surface area contributed by atoms with E-state index in [0.29, 0.717) is 24.5 Å². The topological polar surface area (TPSA) is 91.0 Å². The van der Waals surface area contributed by atoms with E-state index in [-0.39, 0.29) is 12.1 Å². The number of carbonyl (C=O) groups is 1. The van der Waals surface area contributed by atoms with Crippen molar-refractivity contribution in [2.24, 2.45) is 0 Å². The van der Waals surface area contributed by atoms with Crippen LogP contribution >= 0.6 is 0 Å². The van der Waals surface area contributed by atoms with Gasteiger partial charge in [0, 0.05) is 44.5 Å². The number of hydrogen-bond donors (Lipinski definition) is 2. The van der Waals surface area contributed by atoms with E-state index in [2.05, 4.69) is 39.2 Å². The van der Waals surface area contributed by atoms with Crippen LogP contribution in [0.3, 0.4) is 0 Å². The molecule has 38 heavy (non-hydrogen) atoms. The lowest BCUT2D eigenvalue weighted by Gasteiger charge is -2.38. The van der Waals surface area contributed by atoms with Crippen molar-refractivity contribution in [2.45, 2.75) is 38.9 Å². The molecule has 1 fully saturated rings. The number of piperidine rings is 1. The summed E-state index contributed by atoms with van der Waals surface area (Å²) in [5.41, 5.74) is 2.84. The number of rotatable bonds is 10. The number of anilines is 1. The van der Waals surface area contributed by atoms with E-state index in [1.807, 2.05) is 42.2 Å². The van der Waals surface area contributed by atoms with Crippen LogP contribution in [0.5, 0.6) is 11.5 Å². The number of sulfonamides is 1. The fourth-order valence-corrected chi connectivity index (χ4v) is 5.22. The fourth-order valence-electron chi connectivity index (χ4n) is 4.65. The third-order valence-electron chi connectivity index (χ3n) is 6.51. The summed E-state index contributed by atoms with van der Waals surface area (Å²) < 4.78 is 31.0. The average Bonchev–Trinajstić information content (AvgIpc) is 2.90. The summed E-state index contributed by atoms with van der Waals surface area (Å²) in [5, 5.41) is 2.98. The largest absolute Gasteiger partial charge is 0.457 e. The maximum Gasteiger partial charge on any atom is 0.317 e. The minimum Gasteiger partial charge on any atom is -0.457 e. The molecule has 0 radical (unpaired) electrons. The number of benzene rings is 3. The van der Waals surface area contributed by atoms with Gasteiger partial charge in [0.15, 0.2) is 0 Å². The lowest BCUT2D eigenvalue weighted by atomic mass is 10.0. The number of amides is 2. The Hall–Kier alpha value is -3.56. The van der Waals surface area contributed by atoms with Crippen molar-refractivity contribution < 1.29 is 17.9 Å². The highest BCUT2D eigenvalue weighted by Gasteiger charge is 2.28. The molecule has 1 heterocycles. The molecule has 8 nitrogen and oxygen atoms in total. The van der Waals surface area contributed by atoms with E-state index < -0.39 is 10.0 Å². The zero-order valence-corrected chi connectivity index (χ0v) is 22.8. The van der Waals surface area contributed by atoms with Crippen LogP contribution in [0.4, 0.5) is 10.5 Å². The Bertz CT molecular complexity index is 1270. The molecule has 2 N–H and O–H groups in total. The van der Waals surface area contributed by atoms with Crippen molar-refractivity contribution >= 4 is 21.7 Å². The highest BCUT2D eigenvalue weighted by atomic mass is 32.2. The maximum atomic E-state index is 12.8. The first-order valence-corrected chi connectivity index (χ1v) is 14.8. The molecule has 0 bridgehead atoms. The first-order valence-electron chi connectivity index (χ1n) is 12.9.